The molecule has 7 nitrogen and oxygen atoms in total. The molecule has 128 valence electrons. The molecular formula is C15H19N5O2S2. The third-order valence-corrected chi connectivity index (χ3v) is 5.32. The molecule has 2 N–H and O–H groups in total. The Morgan fingerprint density at radius 3 is 2.83 bits per heavy atom. The van der Waals surface area contributed by atoms with Crippen molar-refractivity contribution in [3.63, 3.8) is 0 Å². The third-order valence-electron chi connectivity index (χ3n) is 3.65. The summed E-state index contributed by atoms with van der Waals surface area (Å²) in [5.41, 5.74) is 0. The first-order valence-corrected chi connectivity index (χ1v) is 9.55. The van der Waals surface area contributed by atoms with E-state index in [0.717, 1.165) is 24.6 Å². The van der Waals surface area contributed by atoms with Crippen molar-refractivity contribution in [1.82, 2.24) is 20.2 Å². The van der Waals surface area contributed by atoms with Crippen molar-refractivity contribution in [2.75, 3.05) is 25.0 Å². The smallest absolute Gasteiger partial charge is 0.263 e. The minimum Gasteiger partial charge on any atom is -0.351 e. The quantitative estimate of drug-likeness (QED) is 0.783. The molecule has 9 heteroatoms. The van der Waals surface area contributed by atoms with Crippen molar-refractivity contribution in [3.8, 4) is 0 Å². The van der Waals surface area contributed by atoms with Gasteiger partial charge in [0.2, 0.25) is 5.91 Å². The van der Waals surface area contributed by atoms with Crippen molar-refractivity contribution >= 4 is 39.6 Å². The highest BCUT2D eigenvalue weighted by Gasteiger charge is 2.16. The van der Waals surface area contributed by atoms with Crippen LogP contribution in [-0.4, -0.2) is 46.3 Å². The monoisotopic (exact) mass is 365 g/mol. The number of nitrogens with zero attached hydrogens (tertiary/aromatic N) is 3. The molecule has 0 bridgehead atoms. The van der Waals surface area contributed by atoms with Gasteiger partial charge in [-0.1, -0.05) is 0 Å². The predicted molar refractivity (Wildman–Crippen MR) is 94.3 cm³/mol. The molecule has 0 atom stereocenters. The van der Waals surface area contributed by atoms with Gasteiger partial charge < -0.3 is 10.6 Å². The van der Waals surface area contributed by atoms with Crippen LogP contribution in [0.3, 0.4) is 0 Å². The zero-order chi connectivity index (χ0) is 16.8. The van der Waals surface area contributed by atoms with Crippen molar-refractivity contribution in [2.45, 2.75) is 25.8 Å². The molecule has 3 rings (SSSR count). The fraction of sp³-hybridized carbons (Fsp3) is 0.467. The number of anilines is 1. The lowest BCUT2D eigenvalue weighted by atomic mass is 10.4. The number of nitrogens with one attached hydrogen (secondary N) is 2. The van der Waals surface area contributed by atoms with Crippen LogP contribution < -0.4 is 10.6 Å². The summed E-state index contributed by atoms with van der Waals surface area (Å²) in [5.74, 6) is -0.341. The standard InChI is InChI=1S/C15H19N5O2S2/c21-12(19-15-17-5-8-23-15)3-4-16-14(22)11-9-18-13(24-11)10-20-6-1-2-7-20/h5,8-9H,1-4,6-7,10H2,(H,16,22)(H,17,19,21). The first-order valence-electron chi connectivity index (χ1n) is 7.85. The lowest BCUT2D eigenvalue weighted by Crippen LogP contribution is -2.27. The Labute approximate surface area is 148 Å². The highest BCUT2D eigenvalue weighted by atomic mass is 32.1. The Bertz CT molecular complexity index is 680. The second kappa shape index (κ2) is 8.32. The minimum atomic E-state index is -0.178. The number of likely N-dealkylation sites (tertiary alicyclic amines) is 1. The fourth-order valence-corrected chi connectivity index (χ4v) is 3.89. The maximum absolute atomic E-state index is 12.1. The van der Waals surface area contributed by atoms with E-state index in [1.165, 1.54) is 35.5 Å². The van der Waals surface area contributed by atoms with E-state index in [2.05, 4.69) is 25.5 Å². The normalized spacial score (nSPS) is 14.7. The number of hydrogen-bond acceptors (Lipinski definition) is 7. The van der Waals surface area contributed by atoms with E-state index in [-0.39, 0.29) is 24.8 Å². The highest BCUT2D eigenvalue weighted by Crippen LogP contribution is 2.18. The van der Waals surface area contributed by atoms with E-state index in [0.29, 0.717) is 10.0 Å². The molecule has 1 aliphatic rings. The number of thiazole rings is 2. The molecule has 0 unspecified atom stereocenters. The molecule has 1 fully saturated rings. The Morgan fingerprint density at radius 1 is 1.25 bits per heavy atom. The summed E-state index contributed by atoms with van der Waals surface area (Å²) in [6, 6.07) is 0. The summed E-state index contributed by atoms with van der Waals surface area (Å²) in [7, 11) is 0. The molecule has 0 spiro atoms. The Hall–Kier alpha value is -1.84. The van der Waals surface area contributed by atoms with Gasteiger partial charge in [-0.05, 0) is 25.9 Å². The number of amides is 2. The Kier molecular flexibility index (Phi) is 5.89. The number of carbonyl (C=O) groups excluding carboxylic acids is 2. The van der Waals surface area contributed by atoms with Crippen LogP contribution in [0.25, 0.3) is 0 Å². The minimum absolute atomic E-state index is 0.163. The van der Waals surface area contributed by atoms with Gasteiger partial charge in [0.15, 0.2) is 5.13 Å². The van der Waals surface area contributed by atoms with E-state index in [9.17, 15) is 9.59 Å². The molecule has 0 aliphatic carbocycles. The van der Waals surface area contributed by atoms with Crippen LogP contribution in [0.1, 0.15) is 33.9 Å². The number of hydrogen-bond donors (Lipinski definition) is 2. The SMILES string of the molecule is O=C(CCNC(=O)c1cnc(CN2CCCC2)s1)Nc1nccs1. The van der Waals surface area contributed by atoms with Gasteiger partial charge in [-0.25, -0.2) is 9.97 Å². The average molecular weight is 365 g/mol. The van der Waals surface area contributed by atoms with Crippen LogP contribution in [0.2, 0.25) is 0 Å². The molecule has 2 aromatic rings. The summed E-state index contributed by atoms with van der Waals surface area (Å²) >= 11 is 2.78. The molecule has 1 aliphatic heterocycles. The predicted octanol–water partition coefficient (Wildman–Crippen LogP) is 1.95. The van der Waals surface area contributed by atoms with Gasteiger partial charge >= 0.3 is 0 Å². The third kappa shape index (κ3) is 4.83. The number of aromatic nitrogens is 2. The van der Waals surface area contributed by atoms with Crippen molar-refractivity contribution in [2.24, 2.45) is 0 Å². The van der Waals surface area contributed by atoms with Crippen molar-refractivity contribution in [1.29, 1.82) is 0 Å². The topological polar surface area (TPSA) is 87.2 Å². The van der Waals surface area contributed by atoms with E-state index >= 15 is 0 Å². The molecular weight excluding hydrogens is 346 g/mol. The molecule has 0 aromatic carbocycles. The molecule has 24 heavy (non-hydrogen) atoms. The average Bonchev–Trinajstić information content (AvgIpc) is 3.30. The summed E-state index contributed by atoms with van der Waals surface area (Å²) in [4.78, 5) is 35.1. The molecule has 2 aromatic heterocycles. The van der Waals surface area contributed by atoms with Crippen molar-refractivity contribution < 1.29 is 9.59 Å². The van der Waals surface area contributed by atoms with Gasteiger partial charge in [0.1, 0.15) is 9.88 Å². The van der Waals surface area contributed by atoms with Gasteiger partial charge in [-0.15, -0.1) is 22.7 Å². The first-order chi connectivity index (χ1) is 11.7. The summed E-state index contributed by atoms with van der Waals surface area (Å²) in [5, 5.41) is 8.76. The van der Waals surface area contributed by atoms with Gasteiger partial charge in [-0.2, -0.15) is 0 Å². The largest absolute Gasteiger partial charge is 0.351 e. The zero-order valence-corrected chi connectivity index (χ0v) is 14.8. The van der Waals surface area contributed by atoms with Crippen LogP contribution in [0.5, 0.6) is 0 Å². The van der Waals surface area contributed by atoms with Crippen molar-refractivity contribution in [3.05, 3.63) is 27.7 Å². The van der Waals surface area contributed by atoms with Gasteiger partial charge in [0.05, 0.1) is 12.7 Å². The summed E-state index contributed by atoms with van der Waals surface area (Å²) in [6.07, 6.45) is 5.93. The molecule has 0 radical (unpaired) electrons. The maximum Gasteiger partial charge on any atom is 0.263 e. The van der Waals surface area contributed by atoms with Crippen LogP contribution in [0, 0.1) is 0 Å². The highest BCUT2D eigenvalue weighted by molar-refractivity contribution is 7.14. The number of carbonyl (C=O) groups is 2. The van der Waals surface area contributed by atoms with Crippen LogP contribution in [-0.2, 0) is 11.3 Å². The second-order valence-corrected chi connectivity index (χ2v) is 7.50. The molecule has 3 heterocycles. The first kappa shape index (κ1) is 17.0. The van der Waals surface area contributed by atoms with Gasteiger partial charge in [-0.3, -0.25) is 14.5 Å². The lowest BCUT2D eigenvalue weighted by molar-refractivity contribution is -0.116. The Balaban J connectivity index is 1.40. The molecule has 2 amide bonds. The summed E-state index contributed by atoms with van der Waals surface area (Å²) in [6.45, 7) is 3.31. The van der Waals surface area contributed by atoms with Crippen LogP contribution >= 0.6 is 22.7 Å². The fourth-order valence-electron chi connectivity index (χ4n) is 2.46. The van der Waals surface area contributed by atoms with Crippen LogP contribution in [0.15, 0.2) is 17.8 Å². The van der Waals surface area contributed by atoms with Gasteiger partial charge in [0, 0.05) is 24.5 Å². The summed E-state index contributed by atoms with van der Waals surface area (Å²) < 4.78 is 0. The van der Waals surface area contributed by atoms with E-state index in [1.54, 1.807) is 17.8 Å². The van der Waals surface area contributed by atoms with Gasteiger partial charge in [0.25, 0.3) is 5.91 Å². The maximum atomic E-state index is 12.1. The van der Waals surface area contributed by atoms with E-state index in [1.807, 2.05) is 0 Å². The van der Waals surface area contributed by atoms with E-state index in [4.69, 9.17) is 0 Å². The molecule has 0 saturated carbocycles. The van der Waals surface area contributed by atoms with E-state index < -0.39 is 0 Å². The zero-order valence-electron chi connectivity index (χ0n) is 13.2. The Morgan fingerprint density at radius 2 is 2.08 bits per heavy atom. The lowest BCUT2D eigenvalue weighted by Gasteiger charge is -2.11. The van der Waals surface area contributed by atoms with Crippen LogP contribution in [0.4, 0.5) is 5.13 Å². The molecule has 1 saturated heterocycles. The second-order valence-electron chi connectivity index (χ2n) is 5.49. The number of rotatable bonds is 7.